The van der Waals surface area contributed by atoms with Gasteiger partial charge in [0.1, 0.15) is 0 Å². The van der Waals surface area contributed by atoms with Crippen LogP contribution in [0.1, 0.15) is 84.2 Å². The van der Waals surface area contributed by atoms with Gasteiger partial charge in [-0.3, -0.25) is 4.99 Å². The maximum atomic E-state index is 4.57. The van der Waals surface area contributed by atoms with Crippen molar-refractivity contribution in [3.8, 4) is 0 Å². The molecular weight excluding hydrogens is 366 g/mol. The molecular formula is C27H45N3. The van der Waals surface area contributed by atoms with E-state index in [0.717, 1.165) is 6.54 Å². The minimum atomic E-state index is 0.0129. The zero-order valence-corrected chi connectivity index (χ0v) is 21.1. The van der Waals surface area contributed by atoms with Crippen LogP contribution in [-0.4, -0.2) is 31.8 Å². The molecule has 2 aromatic carbocycles. The van der Waals surface area contributed by atoms with Gasteiger partial charge in [0.25, 0.3) is 0 Å². The summed E-state index contributed by atoms with van der Waals surface area (Å²) in [5, 5.41) is 0. The fourth-order valence-corrected chi connectivity index (χ4v) is 3.79. The Morgan fingerprint density at radius 2 is 1.37 bits per heavy atom. The fraction of sp³-hybridized carbons (Fsp3) is 0.519. The number of nitrogens with zero attached hydrogens (tertiary/aromatic N) is 3. The Kier molecular flexibility index (Phi) is 13.7. The lowest BCUT2D eigenvalue weighted by Crippen LogP contribution is -2.36. The van der Waals surface area contributed by atoms with Crippen LogP contribution in [0.15, 0.2) is 53.5 Å². The third-order valence-corrected chi connectivity index (χ3v) is 4.95. The van der Waals surface area contributed by atoms with Crippen LogP contribution in [0.3, 0.4) is 0 Å². The summed E-state index contributed by atoms with van der Waals surface area (Å²) in [7, 11) is 4.26. The van der Waals surface area contributed by atoms with E-state index in [1.807, 2.05) is 41.5 Å². The Balaban J connectivity index is 0.00000129. The lowest BCUT2D eigenvalue weighted by molar-refractivity contribution is 0.258. The zero-order chi connectivity index (χ0) is 23.3. The van der Waals surface area contributed by atoms with Crippen molar-refractivity contribution in [3.05, 3.63) is 65.2 Å². The first-order valence-electron chi connectivity index (χ1n) is 11.6. The van der Waals surface area contributed by atoms with Gasteiger partial charge in [-0.05, 0) is 51.9 Å². The summed E-state index contributed by atoms with van der Waals surface area (Å²) >= 11 is 0. The van der Waals surface area contributed by atoms with Crippen molar-refractivity contribution >= 4 is 12.4 Å². The van der Waals surface area contributed by atoms with Gasteiger partial charge in [0, 0.05) is 23.8 Å². The molecule has 0 amide bonds. The van der Waals surface area contributed by atoms with E-state index in [4.69, 9.17) is 0 Å². The molecule has 3 rings (SSSR count). The molecule has 1 heterocycles. The fourth-order valence-electron chi connectivity index (χ4n) is 3.79. The van der Waals surface area contributed by atoms with E-state index >= 15 is 0 Å². The summed E-state index contributed by atoms with van der Waals surface area (Å²) < 4.78 is 0. The van der Waals surface area contributed by atoms with Crippen molar-refractivity contribution in [1.29, 1.82) is 0 Å². The lowest BCUT2D eigenvalue weighted by Gasteiger charge is -2.40. The second-order valence-corrected chi connectivity index (χ2v) is 7.02. The molecule has 0 aromatic heterocycles. The summed E-state index contributed by atoms with van der Waals surface area (Å²) in [6, 6.07) is 18.0. The largest absolute Gasteiger partial charge is 0.364 e. The van der Waals surface area contributed by atoms with Gasteiger partial charge >= 0.3 is 0 Å². The van der Waals surface area contributed by atoms with E-state index in [-0.39, 0.29) is 12.1 Å². The van der Waals surface area contributed by atoms with E-state index in [2.05, 4.69) is 98.0 Å². The standard InChI is InChI=1S/C21H27N3.3C2H6/c1-15(2)24-14-16-10-6-7-11-17(16)21(23(4)5)20(22-3)18-12-8-9-13-19(18)24;3*1-2/h6-13,15,20-21H,3,14H2,1-2,4-5H3;3*1-2H3. The van der Waals surface area contributed by atoms with Gasteiger partial charge in [-0.1, -0.05) is 84.0 Å². The van der Waals surface area contributed by atoms with Crippen LogP contribution in [-0.2, 0) is 6.54 Å². The average molecular weight is 412 g/mol. The Bertz CT molecular complexity index is 722. The van der Waals surface area contributed by atoms with E-state index < -0.39 is 0 Å². The van der Waals surface area contributed by atoms with Crippen LogP contribution < -0.4 is 4.90 Å². The zero-order valence-electron chi connectivity index (χ0n) is 21.1. The summed E-state index contributed by atoms with van der Waals surface area (Å²) in [5.41, 5.74) is 5.24. The van der Waals surface area contributed by atoms with Gasteiger partial charge in [-0.2, -0.15) is 0 Å². The van der Waals surface area contributed by atoms with Crippen molar-refractivity contribution in [2.45, 2.75) is 80.1 Å². The third kappa shape index (κ3) is 6.43. The predicted octanol–water partition coefficient (Wildman–Crippen LogP) is 7.54. The summed E-state index contributed by atoms with van der Waals surface area (Å²) in [6.07, 6.45) is 0. The lowest BCUT2D eigenvalue weighted by atomic mass is 9.86. The van der Waals surface area contributed by atoms with Gasteiger partial charge in [0.2, 0.25) is 0 Å². The number of aliphatic imine (C=N–C) groups is 1. The Morgan fingerprint density at radius 1 is 0.867 bits per heavy atom. The molecule has 0 saturated heterocycles. The van der Waals surface area contributed by atoms with Gasteiger partial charge in [-0.15, -0.1) is 0 Å². The van der Waals surface area contributed by atoms with Crippen molar-refractivity contribution in [2.24, 2.45) is 4.99 Å². The van der Waals surface area contributed by atoms with Crippen LogP contribution in [0.5, 0.6) is 0 Å². The van der Waals surface area contributed by atoms with E-state index in [0.29, 0.717) is 6.04 Å². The second-order valence-electron chi connectivity index (χ2n) is 7.02. The number of anilines is 1. The molecule has 2 atom stereocenters. The minimum Gasteiger partial charge on any atom is -0.364 e. The number of likely N-dealkylation sites (N-methyl/N-ethyl adjacent to an activating group) is 1. The highest BCUT2D eigenvalue weighted by Crippen LogP contribution is 2.43. The molecule has 1 aliphatic heterocycles. The number of benzene rings is 2. The molecule has 2 unspecified atom stereocenters. The van der Waals surface area contributed by atoms with Crippen LogP contribution in [0, 0.1) is 0 Å². The maximum Gasteiger partial charge on any atom is 0.0958 e. The van der Waals surface area contributed by atoms with Crippen LogP contribution in [0.4, 0.5) is 5.69 Å². The molecule has 2 aromatic rings. The highest BCUT2D eigenvalue weighted by Gasteiger charge is 2.33. The van der Waals surface area contributed by atoms with Gasteiger partial charge < -0.3 is 9.80 Å². The molecule has 0 fully saturated rings. The number of hydrogen-bond donors (Lipinski definition) is 0. The molecule has 1 aliphatic rings. The van der Waals surface area contributed by atoms with Crippen LogP contribution >= 0.6 is 0 Å². The third-order valence-electron chi connectivity index (χ3n) is 4.95. The normalized spacial score (nSPS) is 16.9. The second kappa shape index (κ2) is 14.8. The first-order chi connectivity index (χ1) is 14.5. The SMILES string of the molecule is C=NC1c2ccccc2N(C(C)C)Cc2ccccc2C1N(C)C.CC.CC.CC. The molecule has 3 heteroatoms. The summed E-state index contributed by atoms with van der Waals surface area (Å²) in [6.45, 7) is 21.4. The molecule has 0 saturated carbocycles. The van der Waals surface area contributed by atoms with Crippen LogP contribution in [0.25, 0.3) is 0 Å². The molecule has 168 valence electrons. The molecule has 3 nitrogen and oxygen atoms in total. The first-order valence-corrected chi connectivity index (χ1v) is 11.6. The van der Waals surface area contributed by atoms with Crippen molar-refractivity contribution in [2.75, 3.05) is 19.0 Å². The van der Waals surface area contributed by atoms with Crippen molar-refractivity contribution in [3.63, 3.8) is 0 Å². The maximum absolute atomic E-state index is 4.57. The molecule has 0 N–H and O–H groups in total. The minimum absolute atomic E-state index is 0.0129. The van der Waals surface area contributed by atoms with Crippen LogP contribution in [0.2, 0.25) is 0 Å². The highest BCUT2D eigenvalue weighted by molar-refractivity contribution is 5.59. The Labute approximate surface area is 186 Å². The van der Waals surface area contributed by atoms with Gasteiger partial charge in [-0.25, -0.2) is 0 Å². The Hall–Kier alpha value is -2.13. The van der Waals surface area contributed by atoms with E-state index in [1.165, 1.54) is 22.4 Å². The molecule has 0 aliphatic carbocycles. The predicted molar refractivity (Wildman–Crippen MR) is 137 cm³/mol. The molecule has 0 radical (unpaired) electrons. The number of fused-ring (bicyclic) bond motifs is 2. The van der Waals surface area contributed by atoms with E-state index in [1.54, 1.807) is 0 Å². The van der Waals surface area contributed by atoms with Gasteiger partial charge in [0.05, 0.1) is 12.1 Å². The number of para-hydroxylation sites is 1. The quantitative estimate of drug-likeness (QED) is 0.486. The molecule has 0 spiro atoms. The smallest absolute Gasteiger partial charge is 0.0958 e. The topological polar surface area (TPSA) is 18.8 Å². The average Bonchev–Trinajstić information content (AvgIpc) is 2.78. The van der Waals surface area contributed by atoms with Gasteiger partial charge in [0.15, 0.2) is 0 Å². The van der Waals surface area contributed by atoms with Crippen molar-refractivity contribution < 1.29 is 0 Å². The number of hydrogen-bond acceptors (Lipinski definition) is 3. The van der Waals surface area contributed by atoms with Crippen molar-refractivity contribution in [1.82, 2.24) is 4.90 Å². The monoisotopic (exact) mass is 411 g/mol. The van der Waals surface area contributed by atoms with E-state index in [9.17, 15) is 0 Å². The highest BCUT2D eigenvalue weighted by atomic mass is 15.2. The summed E-state index contributed by atoms with van der Waals surface area (Å²) in [4.78, 5) is 9.30. The summed E-state index contributed by atoms with van der Waals surface area (Å²) in [5.74, 6) is 0. The molecule has 0 bridgehead atoms. The number of rotatable bonds is 3. The molecule has 30 heavy (non-hydrogen) atoms. The Morgan fingerprint density at radius 3 is 1.87 bits per heavy atom. The first kappa shape index (κ1) is 27.9.